The fraction of sp³-hybridized carbons (Fsp3) is 0.667. The van der Waals surface area contributed by atoms with E-state index in [0.29, 0.717) is 12.0 Å². The monoisotopic (exact) mass is 294 g/mol. The first-order valence-electron chi connectivity index (χ1n) is 7.43. The van der Waals surface area contributed by atoms with Crippen molar-refractivity contribution in [1.82, 2.24) is 10.2 Å². The van der Waals surface area contributed by atoms with Gasteiger partial charge in [0.25, 0.3) is 5.91 Å². The van der Waals surface area contributed by atoms with Crippen molar-refractivity contribution in [1.29, 1.82) is 0 Å². The van der Waals surface area contributed by atoms with Crippen molar-refractivity contribution < 1.29 is 9.53 Å². The van der Waals surface area contributed by atoms with E-state index in [1.807, 2.05) is 16.3 Å². The number of rotatable bonds is 3. The van der Waals surface area contributed by atoms with Crippen LogP contribution in [0.3, 0.4) is 0 Å². The van der Waals surface area contributed by atoms with Crippen LogP contribution in [0.25, 0.3) is 0 Å². The van der Waals surface area contributed by atoms with Crippen LogP contribution in [0.4, 0.5) is 0 Å². The first kappa shape index (κ1) is 13.9. The molecule has 2 aliphatic heterocycles. The highest BCUT2D eigenvalue weighted by Crippen LogP contribution is 2.28. The van der Waals surface area contributed by atoms with Gasteiger partial charge < -0.3 is 15.0 Å². The van der Waals surface area contributed by atoms with E-state index in [0.717, 1.165) is 36.7 Å². The van der Waals surface area contributed by atoms with Crippen LogP contribution in [0, 0.1) is 5.92 Å². The van der Waals surface area contributed by atoms with E-state index in [1.165, 1.54) is 30.6 Å². The van der Waals surface area contributed by atoms with E-state index in [9.17, 15) is 4.79 Å². The molecule has 2 aliphatic rings. The summed E-state index contributed by atoms with van der Waals surface area (Å²) >= 11 is 1.48. The zero-order valence-corrected chi connectivity index (χ0v) is 12.7. The molecule has 1 aromatic heterocycles. The highest BCUT2D eigenvalue weighted by atomic mass is 32.1. The average Bonchev–Trinajstić information content (AvgIpc) is 3.17. The Bertz CT molecular complexity index is 468. The Hall–Kier alpha value is -1.07. The zero-order chi connectivity index (χ0) is 13.9. The van der Waals surface area contributed by atoms with Gasteiger partial charge in [-0.25, -0.2) is 0 Å². The second-order valence-electron chi connectivity index (χ2n) is 5.71. The topological polar surface area (TPSA) is 41.6 Å². The van der Waals surface area contributed by atoms with Crippen molar-refractivity contribution in [2.75, 3.05) is 26.7 Å². The van der Waals surface area contributed by atoms with Gasteiger partial charge in [0.2, 0.25) is 0 Å². The summed E-state index contributed by atoms with van der Waals surface area (Å²) in [6.45, 7) is 2.93. The van der Waals surface area contributed by atoms with Gasteiger partial charge in [0, 0.05) is 30.6 Å². The molecule has 1 amide bonds. The molecule has 2 fully saturated rings. The van der Waals surface area contributed by atoms with Gasteiger partial charge in [-0.15, -0.1) is 11.3 Å². The van der Waals surface area contributed by atoms with Crippen LogP contribution in [0.15, 0.2) is 11.4 Å². The number of amides is 1. The number of likely N-dealkylation sites (tertiary alicyclic amines) is 1. The molecule has 1 aromatic rings. The maximum Gasteiger partial charge on any atom is 0.264 e. The van der Waals surface area contributed by atoms with E-state index in [1.54, 1.807) is 7.11 Å². The molecule has 3 rings (SSSR count). The first-order chi connectivity index (χ1) is 9.78. The Labute approximate surface area is 124 Å². The molecule has 0 saturated carbocycles. The third kappa shape index (κ3) is 2.83. The smallest absolute Gasteiger partial charge is 0.264 e. The van der Waals surface area contributed by atoms with Gasteiger partial charge >= 0.3 is 0 Å². The third-order valence-corrected chi connectivity index (χ3v) is 5.33. The minimum atomic E-state index is 0.168. The molecule has 2 saturated heterocycles. The predicted octanol–water partition coefficient (Wildman–Crippen LogP) is 2.36. The molecule has 0 radical (unpaired) electrons. The van der Waals surface area contributed by atoms with Crippen LogP contribution in [0.1, 0.15) is 35.4 Å². The maximum absolute atomic E-state index is 12.5. The standard InChI is InChI=1S/C15H22N2O2S/c1-19-12-8-14(20-10-12)15(18)17-7-3-4-11(9-17)13-5-2-6-16-13/h8,10-11,13,16H,2-7,9H2,1H3. The Kier molecular flexibility index (Phi) is 4.27. The minimum Gasteiger partial charge on any atom is -0.496 e. The van der Waals surface area contributed by atoms with Crippen LogP contribution >= 0.6 is 11.3 Å². The van der Waals surface area contributed by atoms with Crippen molar-refractivity contribution in [2.24, 2.45) is 5.92 Å². The second kappa shape index (κ2) is 6.14. The van der Waals surface area contributed by atoms with Gasteiger partial charge in [0.05, 0.1) is 12.0 Å². The van der Waals surface area contributed by atoms with Crippen LogP contribution in [0.2, 0.25) is 0 Å². The van der Waals surface area contributed by atoms with Crippen molar-refractivity contribution in [2.45, 2.75) is 31.7 Å². The molecule has 0 aromatic carbocycles. The van der Waals surface area contributed by atoms with E-state index < -0.39 is 0 Å². The normalized spacial score (nSPS) is 26.8. The molecule has 2 atom stereocenters. The molecule has 5 heteroatoms. The predicted molar refractivity (Wildman–Crippen MR) is 80.5 cm³/mol. The van der Waals surface area contributed by atoms with Crippen LogP contribution in [0.5, 0.6) is 5.75 Å². The van der Waals surface area contributed by atoms with Crippen molar-refractivity contribution in [3.8, 4) is 5.75 Å². The molecule has 0 bridgehead atoms. The number of hydrogen-bond acceptors (Lipinski definition) is 4. The Morgan fingerprint density at radius 1 is 1.45 bits per heavy atom. The number of nitrogens with zero attached hydrogens (tertiary/aromatic N) is 1. The minimum absolute atomic E-state index is 0.168. The summed E-state index contributed by atoms with van der Waals surface area (Å²) in [5.41, 5.74) is 0. The van der Waals surface area contributed by atoms with E-state index >= 15 is 0 Å². The molecule has 20 heavy (non-hydrogen) atoms. The molecule has 1 N–H and O–H groups in total. The Balaban J connectivity index is 1.65. The number of nitrogens with one attached hydrogen (secondary N) is 1. The van der Waals surface area contributed by atoms with Crippen molar-refractivity contribution >= 4 is 17.2 Å². The molecule has 3 heterocycles. The number of methoxy groups -OCH3 is 1. The number of thiophene rings is 1. The van der Waals surface area contributed by atoms with Gasteiger partial charge in [-0.3, -0.25) is 4.79 Å². The lowest BCUT2D eigenvalue weighted by atomic mass is 9.89. The van der Waals surface area contributed by atoms with E-state index in [2.05, 4.69) is 5.32 Å². The summed E-state index contributed by atoms with van der Waals surface area (Å²) in [6.07, 6.45) is 4.91. The van der Waals surface area contributed by atoms with Gasteiger partial charge in [-0.2, -0.15) is 0 Å². The highest BCUT2D eigenvalue weighted by molar-refractivity contribution is 7.12. The van der Waals surface area contributed by atoms with Gasteiger partial charge in [-0.05, 0) is 38.1 Å². The van der Waals surface area contributed by atoms with Crippen molar-refractivity contribution in [3.63, 3.8) is 0 Å². The largest absolute Gasteiger partial charge is 0.496 e. The zero-order valence-electron chi connectivity index (χ0n) is 11.9. The number of piperidine rings is 1. The number of ether oxygens (including phenoxy) is 1. The lowest BCUT2D eigenvalue weighted by Crippen LogP contribution is -2.45. The summed E-state index contributed by atoms with van der Waals surface area (Å²) in [6, 6.07) is 2.47. The maximum atomic E-state index is 12.5. The highest BCUT2D eigenvalue weighted by Gasteiger charge is 2.31. The van der Waals surface area contributed by atoms with Gasteiger partial charge in [-0.1, -0.05) is 0 Å². The summed E-state index contributed by atoms with van der Waals surface area (Å²) in [5, 5.41) is 5.48. The number of hydrogen-bond donors (Lipinski definition) is 1. The fourth-order valence-electron chi connectivity index (χ4n) is 3.33. The SMILES string of the molecule is COc1csc(C(=O)N2CCCC(C3CCCN3)C2)c1. The molecule has 4 nitrogen and oxygen atoms in total. The fourth-order valence-corrected chi connectivity index (χ4v) is 4.15. The van der Waals surface area contributed by atoms with Gasteiger partial charge in [0.15, 0.2) is 0 Å². The van der Waals surface area contributed by atoms with E-state index in [-0.39, 0.29) is 5.91 Å². The lowest BCUT2D eigenvalue weighted by molar-refractivity contribution is 0.0656. The molecule has 110 valence electrons. The molecule has 0 spiro atoms. The number of carbonyl (C=O) groups is 1. The molecule has 0 aliphatic carbocycles. The average molecular weight is 294 g/mol. The summed E-state index contributed by atoms with van der Waals surface area (Å²) in [4.78, 5) is 15.4. The lowest BCUT2D eigenvalue weighted by Gasteiger charge is -2.35. The second-order valence-corrected chi connectivity index (χ2v) is 6.62. The van der Waals surface area contributed by atoms with Crippen molar-refractivity contribution in [3.05, 3.63) is 16.3 Å². The summed E-state index contributed by atoms with van der Waals surface area (Å²) in [5.74, 6) is 1.57. The number of carbonyl (C=O) groups excluding carboxylic acids is 1. The third-order valence-electron chi connectivity index (χ3n) is 4.43. The van der Waals surface area contributed by atoms with Crippen LogP contribution in [-0.2, 0) is 0 Å². The van der Waals surface area contributed by atoms with Gasteiger partial charge in [0.1, 0.15) is 5.75 Å². The molecular weight excluding hydrogens is 272 g/mol. The summed E-state index contributed by atoms with van der Waals surface area (Å²) < 4.78 is 5.16. The Morgan fingerprint density at radius 2 is 2.35 bits per heavy atom. The van der Waals surface area contributed by atoms with Crippen LogP contribution < -0.4 is 10.1 Å². The molecule has 2 unspecified atom stereocenters. The Morgan fingerprint density at radius 3 is 3.05 bits per heavy atom. The summed E-state index contributed by atoms with van der Waals surface area (Å²) in [7, 11) is 1.64. The van der Waals surface area contributed by atoms with Crippen LogP contribution in [-0.4, -0.2) is 43.6 Å². The first-order valence-corrected chi connectivity index (χ1v) is 8.31. The van der Waals surface area contributed by atoms with E-state index in [4.69, 9.17) is 4.74 Å². The quantitative estimate of drug-likeness (QED) is 0.930. The molecular formula is C15H22N2O2S.